The molecular weight excluding hydrogens is 234 g/mol. The zero-order valence-corrected chi connectivity index (χ0v) is 10.9. The molecule has 0 aliphatic heterocycles. The summed E-state index contributed by atoms with van der Waals surface area (Å²) < 4.78 is 5.16. The van der Waals surface area contributed by atoms with Crippen molar-refractivity contribution in [1.82, 2.24) is 5.32 Å². The fourth-order valence-corrected chi connectivity index (χ4v) is 2.18. The van der Waals surface area contributed by atoms with Crippen LogP contribution in [0, 0.1) is 0 Å². The van der Waals surface area contributed by atoms with Gasteiger partial charge in [-0.15, -0.1) is 11.8 Å². The lowest BCUT2D eigenvalue weighted by molar-refractivity contribution is 0.0908. The van der Waals surface area contributed by atoms with Gasteiger partial charge in [0.1, 0.15) is 0 Å². The van der Waals surface area contributed by atoms with Crippen LogP contribution in [0.4, 0.5) is 0 Å². The number of hydrogen-bond acceptors (Lipinski definition) is 4. The van der Waals surface area contributed by atoms with E-state index < -0.39 is 0 Å². The van der Waals surface area contributed by atoms with Gasteiger partial charge in [0, 0.05) is 23.8 Å². The van der Waals surface area contributed by atoms with Crippen LogP contribution in [0.15, 0.2) is 35.2 Å². The minimum Gasteiger partial charge on any atom is -0.394 e. The third kappa shape index (κ3) is 8.21. The van der Waals surface area contributed by atoms with Crippen molar-refractivity contribution >= 4 is 11.8 Å². The van der Waals surface area contributed by atoms with Crippen LogP contribution in [0.3, 0.4) is 0 Å². The molecule has 0 saturated heterocycles. The van der Waals surface area contributed by atoms with E-state index in [4.69, 9.17) is 9.84 Å². The normalized spacial score (nSPS) is 10.6. The second kappa shape index (κ2) is 10.6. The van der Waals surface area contributed by atoms with Crippen LogP contribution >= 0.6 is 11.8 Å². The molecule has 96 valence electrons. The van der Waals surface area contributed by atoms with E-state index in [9.17, 15) is 0 Å². The Morgan fingerprint density at radius 2 is 1.94 bits per heavy atom. The first-order valence-corrected chi connectivity index (χ1v) is 6.99. The van der Waals surface area contributed by atoms with Crippen molar-refractivity contribution in [3.8, 4) is 0 Å². The Bertz CT molecular complexity index is 269. The molecule has 0 bridgehead atoms. The second-order valence-corrected chi connectivity index (χ2v) is 4.77. The smallest absolute Gasteiger partial charge is 0.0697 e. The van der Waals surface area contributed by atoms with E-state index in [1.165, 1.54) is 4.90 Å². The summed E-state index contributed by atoms with van der Waals surface area (Å²) >= 11 is 1.87. The van der Waals surface area contributed by atoms with E-state index in [2.05, 4.69) is 29.6 Å². The van der Waals surface area contributed by atoms with Gasteiger partial charge < -0.3 is 15.2 Å². The highest BCUT2D eigenvalue weighted by Crippen LogP contribution is 2.15. The van der Waals surface area contributed by atoms with E-state index in [-0.39, 0.29) is 6.61 Å². The first-order chi connectivity index (χ1) is 8.43. The van der Waals surface area contributed by atoms with Gasteiger partial charge in [0.25, 0.3) is 0 Å². The highest BCUT2D eigenvalue weighted by atomic mass is 32.2. The number of rotatable bonds is 10. The van der Waals surface area contributed by atoms with Crippen LogP contribution < -0.4 is 5.32 Å². The van der Waals surface area contributed by atoms with Gasteiger partial charge in [0.05, 0.1) is 13.2 Å². The first-order valence-electron chi connectivity index (χ1n) is 6.00. The summed E-state index contributed by atoms with van der Waals surface area (Å²) in [7, 11) is 0. The Morgan fingerprint density at radius 3 is 2.71 bits per heavy atom. The molecule has 1 rings (SSSR count). The lowest BCUT2D eigenvalue weighted by Gasteiger charge is -2.05. The van der Waals surface area contributed by atoms with Gasteiger partial charge in [-0.3, -0.25) is 0 Å². The molecule has 3 nitrogen and oxygen atoms in total. The largest absolute Gasteiger partial charge is 0.394 e. The number of ether oxygens (including phenoxy) is 1. The van der Waals surface area contributed by atoms with Crippen molar-refractivity contribution < 1.29 is 9.84 Å². The minimum absolute atomic E-state index is 0.112. The molecule has 1 aromatic carbocycles. The predicted molar refractivity (Wildman–Crippen MR) is 72.6 cm³/mol. The molecule has 0 fully saturated rings. The number of nitrogens with one attached hydrogen (secondary N) is 1. The van der Waals surface area contributed by atoms with Crippen LogP contribution in [-0.2, 0) is 4.74 Å². The number of aliphatic hydroxyl groups is 1. The summed E-state index contributed by atoms with van der Waals surface area (Å²) in [6.07, 6.45) is 0.996. The summed E-state index contributed by atoms with van der Waals surface area (Å²) in [5.74, 6) is 1.08. The Balaban J connectivity index is 1.85. The maximum absolute atomic E-state index is 8.50. The zero-order chi connectivity index (χ0) is 12.2. The van der Waals surface area contributed by atoms with Crippen LogP contribution in [0.2, 0.25) is 0 Å². The number of aliphatic hydroxyl groups excluding tert-OH is 1. The average molecular weight is 255 g/mol. The first kappa shape index (κ1) is 14.5. The predicted octanol–water partition coefficient (Wildman–Crippen LogP) is 1.77. The fourth-order valence-electron chi connectivity index (χ4n) is 1.35. The maximum Gasteiger partial charge on any atom is 0.0697 e. The van der Waals surface area contributed by atoms with Crippen LogP contribution in [0.1, 0.15) is 6.42 Å². The lowest BCUT2D eigenvalue weighted by atomic mass is 10.4. The van der Waals surface area contributed by atoms with E-state index in [1.54, 1.807) is 0 Å². The van der Waals surface area contributed by atoms with Gasteiger partial charge in [-0.1, -0.05) is 18.2 Å². The molecule has 0 aliphatic carbocycles. The van der Waals surface area contributed by atoms with Gasteiger partial charge >= 0.3 is 0 Å². The molecule has 0 aromatic heterocycles. The minimum atomic E-state index is 0.112. The third-order valence-electron chi connectivity index (χ3n) is 2.17. The molecule has 0 heterocycles. The van der Waals surface area contributed by atoms with E-state index in [1.807, 2.05) is 17.8 Å². The topological polar surface area (TPSA) is 41.5 Å². The van der Waals surface area contributed by atoms with Crippen LogP contribution in [-0.4, -0.2) is 43.8 Å². The van der Waals surface area contributed by atoms with Gasteiger partial charge in [-0.25, -0.2) is 0 Å². The zero-order valence-electron chi connectivity index (χ0n) is 10.1. The van der Waals surface area contributed by atoms with Crippen molar-refractivity contribution in [2.75, 3.05) is 38.7 Å². The molecule has 0 aliphatic rings. The van der Waals surface area contributed by atoms with Crippen molar-refractivity contribution in [2.45, 2.75) is 11.3 Å². The molecular formula is C13H21NO2S. The summed E-state index contributed by atoms with van der Waals surface area (Å²) in [4.78, 5) is 1.32. The molecule has 0 atom stereocenters. The molecule has 0 spiro atoms. The molecule has 4 heteroatoms. The summed E-state index contributed by atoms with van der Waals surface area (Å²) in [5, 5.41) is 11.9. The SMILES string of the molecule is OCCOCCCNCCSc1ccccc1. The monoisotopic (exact) mass is 255 g/mol. The van der Waals surface area contributed by atoms with Crippen molar-refractivity contribution in [3.63, 3.8) is 0 Å². The Morgan fingerprint density at radius 1 is 1.12 bits per heavy atom. The highest BCUT2D eigenvalue weighted by molar-refractivity contribution is 7.99. The standard InChI is InChI=1S/C13H21NO2S/c15-9-11-16-10-4-7-14-8-12-17-13-5-2-1-3-6-13/h1-3,5-6,14-15H,4,7-12H2. The highest BCUT2D eigenvalue weighted by Gasteiger charge is 1.92. The molecule has 1 aromatic rings. The van der Waals surface area contributed by atoms with Crippen molar-refractivity contribution in [1.29, 1.82) is 0 Å². The molecule has 0 unspecified atom stereocenters. The molecule has 0 radical (unpaired) electrons. The van der Waals surface area contributed by atoms with Crippen LogP contribution in [0.25, 0.3) is 0 Å². The summed E-state index contributed by atoms with van der Waals surface area (Å²) in [5.41, 5.74) is 0. The summed E-state index contributed by atoms with van der Waals surface area (Å²) in [6.45, 7) is 3.27. The van der Waals surface area contributed by atoms with Crippen molar-refractivity contribution in [2.24, 2.45) is 0 Å². The molecule has 2 N–H and O–H groups in total. The molecule has 0 saturated carbocycles. The van der Waals surface area contributed by atoms with Crippen molar-refractivity contribution in [3.05, 3.63) is 30.3 Å². The Labute approximate surface area is 108 Å². The van der Waals surface area contributed by atoms with Gasteiger partial charge in [0.15, 0.2) is 0 Å². The fraction of sp³-hybridized carbons (Fsp3) is 0.538. The van der Waals surface area contributed by atoms with Gasteiger partial charge in [-0.2, -0.15) is 0 Å². The number of benzene rings is 1. The van der Waals surface area contributed by atoms with Gasteiger partial charge in [0.2, 0.25) is 0 Å². The number of hydrogen-bond donors (Lipinski definition) is 2. The number of thioether (sulfide) groups is 1. The quantitative estimate of drug-likeness (QED) is 0.494. The van der Waals surface area contributed by atoms with Gasteiger partial charge in [-0.05, 0) is 25.1 Å². The second-order valence-electron chi connectivity index (χ2n) is 3.60. The summed E-state index contributed by atoms with van der Waals surface area (Å²) in [6, 6.07) is 10.4. The van der Waals surface area contributed by atoms with E-state index in [0.29, 0.717) is 6.61 Å². The molecule has 17 heavy (non-hydrogen) atoms. The maximum atomic E-state index is 8.50. The average Bonchev–Trinajstić information content (AvgIpc) is 2.38. The third-order valence-corrected chi connectivity index (χ3v) is 3.18. The Kier molecular flexibility index (Phi) is 9.04. The molecule has 0 amide bonds. The van der Waals surface area contributed by atoms with E-state index in [0.717, 1.165) is 31.9 Å². The van der Waals surface area contributed by atoms with Crippen LogP contribution in [0.5, 0.6) is 0 Å². The van der Waals surface area contributed by atoms with E-state index >= 15 is 0 Å². The Hall–Kier alpha value is -0.550. The lowest BCUT2D eigenvalue weighted by Crippen LogP contribution is -2.19.